The number of furan rings is 1. The molecule has 0 fully saturated rings. The molecule has 2 rings (SSSR count). The smallest absolute Gasteiger partial charge is 0.173 e. The van der Waals surface area contributed by atoms with Gasteiger partial charge in [0.05, 0.1) is 12.0 Å². The minimum atomic E-state index is 0.0629. The number of carbonyl (C=O) groups is 1. The van der Waals surface area contributed by atoms with Gasteiger partial charge in [-0.3, -0.25) is 4.79 Å². The second-order valence-electron chi connectivity index (χ2n) is 4.46. The molecule has 0 aromatic carbocycles. The Morgan fingerprint density at radius 2 is 2.22 bits per heavy atom. The molecule has 4 nitrogen and oxygen atoms in total. The topological polar surface area (TPSA) is 48.0 Å². The lowest BCUT2D eigenvalue weighted by Crippen LogP contribution is -2.10. The van der Waals surface area contributed by atoms with E-state index >= 15 is 0 Å². The zero-order chi connectivity index (χ0) is 13.1. The average Bonchev–Trinajstić information content (AvgIpc) is 2.87. The fourth-order valence-corrected chi connectivity index (χ4v) is 2.10. The quantitative estimate of drug-likeness (QED) is 0.762. The molecule has 0 aliphatic heterocycles. The minimum absolute atomic E-state index is 0.0629. The van der Waals surface area contributed by atoms with Gasteiger partial charge in [-0.05, 0) is 26.3 Å². The van der Waals surface area contributed by atoms with Crippen LogP contribution in [0.2, 0.25) is 0 Å². The molecular weight excluding hydrogens is 228 g/mol. The van der Waals surface area contributed by atoms with Crippen LogP contribution in [0.1, 0.15) is 41.0 Å². The van der Waals surface area contributed by atoms with E-state index in [0.717, 1.165) is 24.6 Å². The Kier molecular flexibility index (Phi) is 3.65. The number of carbonyl (C=O) groups excluding carboxylic acids is 1. The molecule has 0 aliphatic rings. The molecule has 0 aliphatic carbocycles. The molecule has 0 saturated heterocycles. The van der Waals surface area contributed by atoms with Crippen LogP contribution in [0.25, 0.3) is 0 Å². The number of ketones is 1. The highest BCUT2D eigenvalue weighted by atomic mass is 16.3. The second kappa shape index (κ2) is 5.21. The molecule has 2 aromatic rings. The van der Waals surface area contributed by atoms with Crippen molar-refractivity contribution in [3.8, 4) is 0 Å². The zero-order valence-corrected chi connectivity index (χ0v) is 11.1. The van der Waals surface area contributed by atoms with Crippen molar-refractivity contribution in [1.82, 2.24) is 9.55 Å². The van der Waals surface area contributed by atoms with Crippen molar-refractivity contribution in [3.05, 3.63) is 41.4 Å². The Balaban J connectivity index is 2.16. The molecule has 0 atom stereocenters. The summed E-state index contributed by atoms with van der Waals surface area (Å²) in [6.45, 7) is 6.67. The van der Waals surface area contributed by atoms with Crippen LogP contribution >= 0.6 is 0 Å². The first-order valence-electron chi connectivity index (χ1n) is 6.22. The van der Waals surface area contributed by atoms with Crippen molar-refractivity contribution >= 4 is 5.78 Å². The zero-order valence-electron chi connectivity index (χ0n) is 11.1. The fourth-order valence-electron chi connectivity index (χ4n) is 2.10. The van der Waals surface area contributed by atoms with E-state index in [4.69, 9.17) is 4.42 Å². The van der Waals surface area contributed by atoms with Gasteiger partial charge in [-0.1, -0.05) is 6.92 Å². The van der Waals surface area contributed by atoms with Gasteiger partial charge >= 0.3 is 0 Å². The van der Waals surface area contributed by atoms with Gasteiger partial charge in [0.15, 0.2) is 5.78 Å². The van der Waals surface area contributed by atoms with E-state index in [1.807, 2.05) is 24.6 Å². The largest absolute Gasteiger partial charge is 0.466 e. The lowest BCUT2D eigenvalue weighted by atomic mass is 10.1. The van der Waals surface area contributed by atoms with Crippen LogP contribution in [-0.4, -0.2) is 15.3 Å². The molecule has 0 N–H and O–H groups in total. The maximum atomic E-state index is 12.2. The second-order valence-corrected chi connectivity index (χ2v) is 4.46. The van der Waals surface area contributed by atoms with Crippen LogP contribution in [-0.2, 0) is 13.0 Å². The van der Waals surface area contributed by atoms with Crippen LogP contribution in [0, 0.1) is 13.8 Å². The third kappa shape index (κ3) is 2.53. The standard InChI is InChI=1S/C14H18N2O2/c1-4-6-16-7-5-15-14(16)9-13(17)12-8-10(2)18-11(12)3/h5,7-8H,4,6,9H2,1-3H3. The highest BCUT2D eigenvalue weighted by molar-refractivity contribution is 5.98. The van der Waals surface area contributed by atoms with E-state index in [9.17, 15) is 4.79 Å². The molecule has 2 aromatic heterocycles. The van der Waals surface area contributed by atoms with Gasteiger partial charge in [0.1, 0.15) is 17.3 Å². The van der Waals surface area contributed by atoms with Crippen molar-refractivity contribution in [2.45, 2.75) is 40.2 Å². The summed E-state index contributed by atoms with van der Waals surface area (Å²) in [6.07, 6.45) is 5.01. The van der Waals surface area contributed by atoms with E-state index in [2.05, 4.69) is 11.9 Å². The van der Waals surface area contributed by atoms with E-state index < -0.39 is 0 Å². The number of imidazole rings is 1. The molecule has 2 heterocycles. The first kappa shape index (κ1) is 12.6. The lowest BCUT2D eigenvalue weighted by molar-refractivity contribution is 0.0988. The third-order valence-corrected chi connectivity index (χ3v) is 2.93. The molecule has 18 heavy (non-hydrogen) atoms. The van der Waals surface area contributed by atoms with Crippen molar-refractivity contribution < 1.29 is 9.21 Å². The normalized spacial score (nSPS) is 10.8. The van der Waals surface area contributed by atoms with Crippen LogP contribution in [0.15, 0.2) is 22.9 Å². The number of aryl methyl sites for hydroxylation is 3. The SMILES string of the molecule is CCCn1ccnc1CC(=O)c1cc(C)oc1C. The monoisotopic (exact) mass is 246 g/mol. The van der Waals surface area contributed by atoms with E-state index in [1.54, 1.807) is 12.3 Å². The predicted octanol–water partition coefficient (Wildman–Crippen LogP) is 2.93. The highest BCUT2D eigenvalue weighted by Gasteiger charge is 2.16. The van der Waals surface area contributed by atoms with Gasteiger partial charge in [-0.15, -0.1) is 0 Å². The summed E-state index contributed by atoms with van der Waals surface area (Å²) in [5.74, 6) is 2.34. The Labute approximate surface area is 107 Å². The summed E-state index contributed by atoms with van der Waals surface area (Å²) < 4.78 is 7.41. The van der Waals surface area contributed by atoms with Gasteiger partial charge in [-0.2, -0.15) is 0 Å². The number of rotatable bonds is 5. The maximum absolute atomic E-state index is 12.2. The third-order valence-electron chi connectivity index (χ3n) is 2.93. The van der Waals surface area contributed by atoms with Gasteiger partial charge in [0.25, 0.3) is 0 Å². The number of hydrogen-bond acceptors (Lipinski definition) is 3. The minimum Gasteiger partial charge on any atom is -0.466 e. The summed E-state index contributed by atoms with van der Waals surface area (Å²) >= 11 is 0. The molecule has 0 bridgehead atoms. The molecule has 0 saturated carbocycles. The molecule has 0 amide bonds. The molecule has 96 valence electrons. The Morgan fingerprint density at radius 3 is 2.83 bits per heavy atom. The van der Waals surface area contributed by atoms with Gasteiger partial charge < -0.3 is 8.98 Å². The van der Waals surface area contributed by atoms with Crippen molar-refractivity contribution in [3.63, 3.8) is 0 Å². The fraction of sp³-hybridized carbons (Fsp3) is 0.429. The Bertz CT molecular complexity index is 552. The van der Waals surface area contributed by atoms with E-state index in [1.165, 1.54) is 0 Å². The first-order valence-corrected chi connectivity index (χ1v) is 6.22. The van der Waals surface area contributed by atoms with E-state index in [0.29, 0.717) is 17.7 Å². The van der Waals surface area contributed by atoms with Crippen LogP contribution < -0.4 is 0 Å². The van der Waals surface area contributed by atoms with Crippen molar-refractivity contribution in [2.75, 3.05) is 0 Å². The summed E-state index contributed by atoms with van der Waals surface area (Å²) in [5, 5.41) is 0. The van der Waals surface area contributed by atoms with Crippen LogP contribution in [0.4, 0.5) is 0 Å². The molecule has 0 radical (unpaired) electrons. The number of Topliss-reactive ketones (excluding diaryl/α,β-unsaturated/α-hetero) is 1. The van der Waals surface area contributed by atoms with E-state index in [-0.39, 0.29) is 5.78 Å². The van der Waals surface area contributed by atoms with Crippen LogP contribution in [0.5, 0.6) is 0 Å². The molecular formula is C14H18N2O2. The lowest BCUT2D eigenvalue weighted by Gasteiger charge is -2.05. The van der Waals surface area contributed by atoms with Crippen molar-refractivity contribution in [1.29, 1.82) is 0 Å². The first-order chi connectivity index (χ1) is 8.61. The summed E-state index contributed by atoms with van der Waals surface area (Å²) in [4.78, 5) is 16.4. The average molecular weight is 246 g/mol. The molecule has 0 unspecified atom stereocenters. The van der Waals surface area contributed by atoms with Gasteiger partial charge in [-0.25, -0.2) is 4.98 Å². The number of hydrogen-bond donors (Lipinski definition) is 0. The summed E-state index contributed by atoms with van der Waals surface area (Å²) in [6, 6.07) is 1.80. The number of aromatic nitrogens is 2. The van der Waals surface area contributed by atoms with Gasteiger partial charge in [0, 0.05) is 18.9 Å². The molecule has 0 spiro atoms. The van der Waals surface area contributed by atoms with Crippen LogP contribution in [0.3, 0.4) is 0 Å². The number of nitrogens with zero attached hydrogens (tertiary/aromatic N) is 2. The predicted molar refractivity (Wildman–Crippen MR) is 68.7 cm³/mol. The summed E-state index contributed by atoms with van der Waals surface area (Å²) in [5.41, 5.74) is 0.665. The Morgan fingerprint density at radius 1 is 1.44 bits per heavy atom. The summed E-state index contributed by atoms with van der Waals surface area (Å²) in [7, 11) is 0. The maximum Gasteiger partial charge on any atom is 0.173 e. The Hall–Kier alpha value is -1.84. The highest BCUT2D eigenvalue weighted by Crippen LogP contribution is 2.16. The molecule has 4 heteroatoms. The van der Waals surface area contributed by atoms with Gasteiger partial charge in [0.2, 0.25) is 0 Å². The van der Waals surface area contributed by atoms with Crippen molar-refractivity contribution in [2.24, 2.45) is 0 Å².